The van der Waals surface area contributed by atoms with Gasteiger partial charge in [0.2, 0.25) is 0 Å². The highest BCUT2D eigenvalue weighted by Gasteiger charge is 2.61. The van der Waals surface area contributed by atoms with Gasteiger partial charge in [-0.15, -0.1) is 0 Å². The van der Waals surface area contributed by atoms with Crippen LogP contribution in [0, 0.1) is 0 Å². The van der Waals surface area contributed by atoms with Crippen LogP contribution in [0.4, 0.5) is 5.82 Å². The summed E-state index contributed by atoms with van der Waals surface area (Å²) in [5.74, 6) is 0.273. The highest BCUT2D eigenvalue weighted by molar-refractivity contribution is 5.81. The maximum Gasteiger partial charge on any atom is 0.167 e. The number of nitrogen functional groups attached to an aromatic ring is 1. The van der Waals surface area contributed by atoms with Gasteiger partial charge in [0.05, 0.1) is 19.5 Å². The molecule has 2 aromatic heterocycles. The Kier molecular flexibility index (Phi) is 2.31. The van der Waals surface area contributed by atoms with Crippen LogP contribution in [0.25, 0.3) is 11.2 Å². The van der Waals surface area contributed by atoms with Gasteiger partial charge in [0.25, 0.3) is 0 Å². The van der Waals surface area contributed by atoms with Crippen LogP contribution in [-0.2, 0) is 9.47 Å². The van der Waals surface area contributed by atoms with Crippen LogP contribution in [0.2, 0.25) is 0 Å². The standard InChI is InChI=1S/C11H13N5O4/c12-8-5-9(14-3-13-8)16(4-15-5)10-6-7(18)11(1-17,20-10)2-19-6/h3-4,6-7,10,17-18H,1-2H2,(H2,12,13,14)/t6-,7+,10-,11?/m1/s1. The van der Waals surface area contributed by atoms with E-state index in [4.69, 9.17) is 15.2 Å². The van der Waals surface area contributed by atoms with E-state index >= 15 is 0 Å². The van der Waals surface area contributed by atoms with Crippen molar-refractivity contribution in [1.29, 1.82) is 0 Å². The van der Waals surface area contributed by atoms with Gasteiger partial charge in [-0.1, -0.05) is 0 Å². The third kappa shape index (κ3) is 1.32. The third-order valence-electron chi connectivity index (χ3n) is 3.94. The highest BCUT2D eigenvalue weighted by Crippen LogP contribution is 2.45. The molecule has 4 heterocycles. The molecule has 2 fully saturated rings. The van der Waals surface area contributed by atoms with Gasteiger partial charge >= 0.3 is 0 Å². The van der Waals surface area contributed by atoms with E-state index in [2.05, 4.69) is 15.0 Å². The Hall–Kier alpha value is -1.81. The fraction of sp³-hybridized carbons (Fsp3) is 0.545. The molecule has 20 heavy (non-hydrogen) atoms. The molecular formula is C11H13N5O4. The summed E-state index contributed by atoms with van der Waals surface area (Å²) in [6, 6.07) is 0. The van der Waals surface area contributed by atoms with Crippen LogP contribution in [-0.4, -0.2) is 60.8 Å². The molecule has 2 aliphatic heterocycles. The van der Waals surface area contributed by atoms with Crippen molar-refractivity contribution in [2.75, 3.05) is 18.9 Å². The van der Waals surface area contributed by atoms with Crippen molar-refractivity contribution in [3.05, 3.63) is 12.7 Å². The molecule has 4 rings (SSSR count). The van der Waals surface area contributed by atoms with Gasteiger partial charge in [-0.2, -0.15) is 0 Å². The number of imidazole rings is 1. The molecule has 0 amide bonds. The number of hydrogen-bond donors (Lipinski definition) is 3. The lowest BCUT2D eigenvalue weighted by atomic mass is 10.0. The SMILES string of the molecule is Nc1ncnc2c1ncn2[C@@H]1OC2(CO)CO[C@@H]1[C@@H]2O. The van der Waals surface area contributed by atoms with E-state index in [0.29, 0.717) is 11.2 Å². The number of rotatable bonds is 2. The Morgan fingerprint density at radius 1 is 1.45 bits per heavy atom. The smallest absolute Gasteiger partial charge is 0.167 e. The van der Waals surface area contributed by atoms with Crippen LogP contribution in [0.3, 0.4) is 0 Å². The van der Waals surface area contributed by atoms with Gasteiger partial charge < -0.3 is 25.4 Å². The Labute approximate surface area is 113 Å². The van der Waals surface area contributed by atoms with Crippen molar-refractivity contribution < 1.29 is 19.7 Å². The number of hydrogen-bond acceptors (Lipinski definition) is 8. The van der Waals surface area contributed by atoms with E-state index < -0.39 is 24.0 Å². The number of nitrogens with zero attached hydrogens (tertiary/aromatic N) is 4. The lowest BCUT2D eigenvalue weighted by Gasteiger charge is -2.29. The minimum atomic E-state index is -1.08. The van der Waals surface area contributed by atoms with E-state index in [0.717, 1.165) is 0 Å². The van der Waals surface area contributed by atoms with Crippen molar-refractivity contribution in [2.45, 2.75) is 24.0 Å². The van der Waals surface area contributed by atoms with E-state index in [1.165, 1.54) is 12.7 Å². The highest BCUT2D eigenvalue weighted by atomic mass is 16.7. The first-order valence-corrected chi connectivity index (χ1v) is 6.18. The maximum absolute atomic E-state index is 10.2. The van der Waals surface area contributed by atoms with Crippen molar-refractivity contribution in [2.24, 2.45) is 0 Å². The van der Waals surface area contributed by atoms with Crippen LogP contribution in [0.1, 0.15) is 6.23 Å². The third-order valence-corrected chi connectivity index (χ3v) is 3.94. The van der Waals surface area contributed by atoms with Gasteiger partial charge in [0.15, 0.2) is 17.7 Å². The average molecular weight is 279 g/mol. The zero-order chi connectivity index (χ0) is 13.9. The molecular weight excluding hydrogens is 266 g/mol. The van der Waals surface area contributed by atoms with Crippen LogP contribution < -0.4 is 5.73 Å². The number of anilines is 1. The molecule has 0 aliphatic carbocycles. The second-order valence-corrected chi connectivity index (χ2v) is 5.03. The molecule has 2 bridgehead atoms. The molecule has 4 N–H and O–H groups in total. The summed E-state index contributed by atoms with van der Waals surface area (Å²) in [5, 5.41) is 19.6. The largest absolute Gasteiger partial charge is 0.393 e. The van der Waals surface area contributed by atoms with Gasteiger partial charge in [-0.05, 0) is 0 Å². The van der Waals surface area contributed by atoms with E-state index in [9.17, 15) is 10.2 Å². The normalized spacial score (nSPS) is 36.0. The van der Waals surface area contributed by atoms with E-state index in [1.807, 2.05) is 0 Å². The molecule has 4 atom stereocenters. The average Bonchev–Trinajstić information content (AvgIpc) is 3.10. The molecule has 0 spiro atoms. The van der Waals surface area contributed by atoms with Gasteiger partial charge in [0.1, 0.15) is 29.7 Å². The van der Waals surface area contributed by atoms with Gasteiger partial charge in [-0.3, -0.25) is 4.57 Å². The fourth-order valence-electron chi connectivity index (χ4n) is 2.81. The fourth-order valence-corrected chi connectivity index (χ4v) is 2.81. The zero-order valence-corrected chi connectivity index (χ0v) is 10.4. The second kappa shape index (κ2) is 3.85. The summed E-state index contributed by atoms with van der Waals surface area (Å²) in [6.45, 7) is -0.152. The molecule has 2 saturated heterocycles. The first-order chi connectivity index (χ1) is 9.66. The first kappa shape index (κ1) is 12.0. The zero-order valence-electron chi connectivity index (χ0n) is 10.4. The number of aliphatic hydroxyl groups is 2. The summed E-state index contributed by atoms with van der Waals surface area (Å²) in [4.78, 5) is 12.2. The molecule has 0 radical (unpaired) electrons. The molecule has 9 nitrogen and oxygen atoms in total. The predicted molar refractivity (Wildman–Crippen MR) is 65.4 cm³/mol. The van der Waals surface area contributed by atoms with Gasteiger partial charge in [0, 0.05) is 0 Å². The van der Waals surface area contributed by atoms with Crippen LogP contribution in [0.5, 0.6) is 0 Å². The number of aromatic nitrogens is 4. The lowest BCUT2D eigenvalue weighted by molar-refractivity contribution is -0.185. The summed E-state index contributed by atoms with van der Waals surface area (Å²) in [6.07, 6.45) is 0.778. The van der Waals surface area contributed by atoms with Crippen molar-refractivity contribution in [1.82, 2.24) is 19.5 Å². The maximum atomic E-state index is 10.2. The van der Waals surface area contributed by atoms with Gasteiger partial charge in [-0.25, -0.2) is 15.0 Å². The van der Waals surface area contributed by atoms with Crippen LogP contribution in [0.15, 0.2) is 12.7 Å². The molecule has 106 valence electrons. The Bertz CT molecular complexity index is 676. The van der Waals surface area contributed by atoms with E-state index in [1.54, 1.807) is 4.57 Å². The first-order valence-electron chi connectivity index (χ1n) is 6.18. The lowest BCUT2D eigenvalue weighted by Crippen LogP contribution is -2.44. The van der Waals surface area contributed by atoms with Crippen molar-refractivity contribution in [3.8, 4) is 0 Å². The number of ether oxygens (including phenoxy) is 2. The Morgan fingerprint density at radius 3 is 3.05 bits per heavy atom. The van der Waals surface area contributed by atoms with Crippen LogP contribution >= 0.6 is 0 Å². The molecule has 0 saturated carbocycles. The Balaban J connectivity index is 1.80. The number of nitrogens with two attached hydrogens (primary N) is 1. The summed E-state index contributed by atoms with van der Waals surface area (Å²) in [7, 11) is 0. The molecule has 9 heteroatoms. The van der Waals surface area contributed by atoms with E-state index in [-0.39, 0.29) is 19.0 Å². The minimum Gasteiger partial charge on any atom is -0.393 e. The number of fused-ring (bicyclic) bond motifs is 3. The minimum absolute atomic E-state index is 0.162. The molecule has 0 aromatic carbocycles. The van der Waals surface area contributed by atoms with Crippen molar-refractivity contribution in [3.63, 3.8) is 0 Å². The summed E-state index contributed by atoms with van der Waals surface area (Å²) >= 11 is 0. The summed E-state index contributed by atoms with van der Waals surface area (Å²) < 4.78 is 13.0. The topological polar surface area (TPSA) is 129 Å². The molecule has 2 aromatic rings. The summed E-state index contributed by atoms with van der Waals surface area (Å²) in [5.41, 5.74) is 5.62. The second-order valence-electron chi connectivity index (χ2n) is 5.03. The quantitative estimate of drug-likeness (QED) is 0.601. The predicted octanol–water partition coefficient (Wildman–Crippen LogP) is -1.57. The molecule has 2 aliphatic rings. The monoisotopic (exact) mass is 279 g/mol. The number of aliphatic hydroxyl groups excluding tert-OH is 2. The van der Waals surface area contributed by atoms with Crippen molar-refractivity contribution >= 4 is 17.0 Å². The Morgan fingerprint density at radius 2 is 2.30 bits per heavy atom. The molecule has 1 unspecified atom stereocenters.